The molecule has 0 atom stereocenters. The van der Waals surface area contributed by atoms with Crippen LogP contribution in [-0.4, -0.2) is 21.0 Å². The van der Waals surface area contributed by atoms with Gasteiger partial charge in [-0.1, -0.05) is 12.1 Å². The molecule has 0 fully saturated rings. The van der Waals surface area contributed by atoms with Crippen LogP contribution < -0.4 is 4.74 Å². The van der Waals surface area contributed by atoms with Gasteiger partial charge >= 0.3 is 12.0 Å². The van der Waals surface area contributed by atoms with Gasteiger partial charge in [0, 0.05) is 12.4 Å². The van der Waals surface area contributed by atoms with E-state index in [0.717, 1.165) is 4.47 Å². The molecule has 0 saturated heterocycles. The predicted octanol–water partition coefficient (Wildman–Crippen LogP) is 2.66. The Kier molecular flexibility index (Phi) is 3.88. The number of aromatic nitrogens is 2. The lowest BCUT2D eigenvalue weighted by molar-refractivity contribution is -0.136. The monoisotopic (exact) mass is 308 g/mol. The van der Waals surface area contributed by atoms with E-state index in [1.807, 2.05) is 0 Å². The third-order valence-electron chi connectivity index (χ3n) is 2.08. The third kappa shape index (κ3) is 3.53. The predicted molar refractivity (Wildman–Crippen MR) is 67.6 cm³/mol. The Bertz CT molecular complexity index is 540. The molecule has 0 aliphatic rings. The summed E-state index contributed by atoms with van der Waals surface area (Å²) in [6.45, 7) is 0. The summed E-state index contributed by atoms with van der Waals surface area (Å²) in [7, 11) is 0. The normalized spacial score (nSPS) is 10.1. The Morgan fingerprint density at radius 2 is 1.83 bits per heavy atom. The molecule has 1 aromatic carbocycles. The second-order valence-corrected chi connectivity index (χ2v) is 4.42. The summed E-state index contributed by atoms with van der Waals surface area (Å²) in [6, 6.07) is 7.00. The molecule has 1 heterocycles. The number of rotatable bonds is 4. The number of carbonyl (C=O) groups is 1. The molecule has 0 radical (unpaired) electrons. The largest absolute Gasteiger partial charge is 0.481 e. The Balaban J connectivity index is 2.06. The number of aliphatic carboxylic acids is 1. The van der Waals surface area contributed by atoms with Gasteiger partial charge in [0.05, 0.1) is 10.9 Å². The topological polar surface area (TPSA) is 72.3 Å². The Hall–Kier alpha value is -1.95. The summed E-state index contributed by atoms with van der Waals surface area (Å²) in [5.74, 6) is -0.300. The number of hydrogen-bond acceptors (Lipinski definition) is 4. The number of nitrogens with zero attached hydrogens (tertiary/aromatic N) is 2. The first-order valence-corrected chi connectivity index (χ1v) is 5.89. The van der Waals surface area contributed by atoms with Crippen LogP contribution in [0.25, 0.3) is 0 Å². The average Bonchev–Trinajstić information content (AvgIpc) is 2.34. The molecule has 6 heteroatoms. The van der Waals surface area contributed by atoms with E-state index in [1.54, 1.807) is 36.7 Å². The molecular formula is C12H9BrN2O3. The molecule has 0 spiro atoms. The van der Waals surface area contributed by atoms with Gasteiger partial charge in [0.2, 0.25) is 0 Å². The van der Waals surface area contributed by atoms with Crippen LogP contribution in [0.3, 0.4) is 0 Å². The molecule has 0 unspecified atom stereocenters. The van der Waals surface area contributed by atoms with E-state index in [1.165, 1.54) is 0 Å². The minimum Gasteiger partial charge on any atom is -0.481 e. The Labute approximate surface area is 112 Å². The maximum Gasteiger partial charge on any atom is 0.321 e. The zero-order valence-corrected chi connectivity index (χ0v) is 10.8. The van der Waals surface area contributed by atoms with E-state index >= 15 is 0 Å². The fourth-order valence-corrected chi connectivity index (χ4v) is 1.51. The van der Waals surface area contributed by atoms with Crippen molar-refractivity contribution in [2.24, 2.45) is 0 Å². The molecule has 0 saturated carbocycles. The van der Waals surface area contributed by atoms with Crippen molar-refractivity contribution in [3.8, 4) is 11.8 Å². The second kappa shape index (κ2) is 5.59. The molecule has 0 aliphatic heterocycles. The van der Waals surface area contributed by atoms with Gasteiger partial charge < -0.3 is 9.84 Å². The average molecular weight is 309 g/mol. The molecule has 18 heavy (non-hydrogen) atoms. The molecule has 92 valence electrons. The van der Waals surface area contributed by atoms with Crippen molar-refractivity contribution < 1.29 is 14.6 Å². The first-order chi connectivity index (χ1) is 8.63. The summed E-state index contributed by atoms with van der Waals surface area (Å²) in [6.07, 6.45) is 3.16. The lowest BCUT2D eigenvalue weighted by atomic mass is 10.1. The fourth-order valence-electron chi connectivity index (χ4n) is 1.31. The van der Waals surface area contributed by atoms with E-state index in [0.29, 0.717) is 11.3 Å². The molecule has 5 nitrogen and oxygen atoms in total. The van der Waals surface area contributed by atoms with Gasteiger partial charge in [-0.3, -0.25) is 4.79 Å². The highest BCUT2D eigenvalue weighted by Gasteiger charge is 2.03. The first kappa shape index (κ1) is 12.5. The summed E-state index contributed by atoms with van der Waals surface area (Å²) >= 11 is 3.23. The lowest BCUT2D eigenvalue weighted by Crippen LogP contribution is -1.99. The molecule has 1 N–H and O–H groups in total. The maximum atomic E-state index is 10.5. The molecule has 1 aromatic heterocycles. The van der Waals surface area contributed by atoms with Crippen molar-refractivity contribution >= 4 is 21.9 Å². The van der Waals surface area contributed by atoms with Crippen LogP contribution in [0.5, 0.6) is 11.8 Å². The number of ether oxygens (including phenoxy) is 1. The van der Waals surface area contributed by atoms with Gasteiger partial charge in [-0.15, -0.1) is 0 Å². The van der Waals surface area contributed by atoms with E-state index in [4.69, 9.17) is 9.84 Å². The van der Waals surface area contributed by atoms with Gasteiger partial charge in [0.15, 0.2) is 0 Å². The van der Waals surface area contributed by atoms with Crippen molar-refractivity contribution in [3.63, 3.8) is 0 Å². The van der Waals surface area contributed by atoms with Crippen LogP contribution in [0.15, 0.2) is 41.1 Å². The van der Waals surface area contributed by atoms with Gasteiger partial charge in [-0.2, -0.15) is 0 Å². The van der Waals surface area contributed by atoms with Crippen molar-refractivity contribution in [1.82, 2.24) is 9.97 Å². The minimum atomic E-state index is -0.861. The van der Waals surface area contributed by atoms with Gasteiger partial charge in [0.25, 0.3) is 0 Å². The quantitative estimate of drug-likeness (QED) is 0.940. The first-order valence-electron chi connectivity index (χ1n) is 5.09. The smallest absolute Gasteiger partial charge is 0.321 e. The number of carboxylic acid groups (broad SMARTS) is 1. The number of benzene rings is 1. The highest BCUT2D eigenvalue weighted by molar-refractivity contribution is 9.10. The second-order valence-electron chi connectivity index (χ2n) is 3.50. The van der Waals surface area contributed by atoms with Crippen molar-refractivity contribution in [2.75, 3.05) is 0 Å². The summed E-state index contributed by atoms with van der Waals surface area (Å²) in [5.41, 5.74) is 0.714. The molecule has 0 aliphatic carbocycles. The van der Waals surface area contributed by atoms with Crippen molar-refractivity contribution in [3.05, 3.63) is 46.7 Å². The van der Waals surface area contributed by atoms with Gasteiger partial charge in [0.1, 0.15) is 5.75 Å². The SMILES string of the molecule is O=C(O)Cc1ccc(Oc2ncc(Br)cn2)cc1. The van der Waals surface area contributed by atoms with Crippen LogP contribution >= 0.6 is 15.9 Å². The molecule has 0 amide bonds. The zero-order chi connectivity index (χ0) is 13.0. The number of carboxylic acids is 1. The summed E-state index contributed by atoms with van der Waals surface area (Å²) in [5, 5.41) is 8.64. The highest BCUT2D eigenvalue weighted by atomic mass is 79.9. The molecule has 2 rings (SSSR count). The summed E-state index contributed by atoms with van der Waals surface area (Å²) < 4.78 is 6.17. The zero-order valence-electron chi connectivity index (χ0n) is 9.21. The number of hydrogen-bond donors (Lipinski definition) is 1. The minimum absolute atomic E-state index is 0.00490. The van der Waals surface area contributed by atoms with Crippen LogP contribution in [0.1, 0.15) is 5.56 Å². The maximum absolute atomic E-state index is 10.5. The third-order valence-corrected chi connectivity index (χ3v) is 2.49. The lowest BCUT2D eigenvalue weighted by Gasteiger charge is -2.04. The van der Waals surface area contributed by atoms with Gasteiger partial charge in [-0.25, -0.2) is 9.97 Å². The fraction of sp³-hybridized carbons (Fsp3) is 0.0833. The van der Waals surface area contributed by atoms with Gasteiger partial charge in [-0.05, 0) is 33.6 Å². The van der Waals surface area contributed by atoms with Crippen LogP contribution in [-0.2, 0) is 11.2 Å². The standard InChI is InChI=1S/C12H9BrN2O3/c13-9-6-14-12(15-7-9)18-10-3-1-8(2-4-10)5-11(16)17/h1-4,6-7H,5H2,(H,16,17). The van der Waals surface area contributed by atoms with Crippen LogP contribution in [0, 0.1) is 0 Å². The van der Waals surface area contributed by atoms with E-state index in [9.17, 15) is 4.79 Å². The molecular weight excluding hydrogens is 300 g/mol. The van der Waals surface area contributed by atoms with E-state index in [-0.39, 0.29) is 12.4 Å². The van der Waals surface area contributed by atoms with Crippen LogP contribution in [0.2, 0.25) is 0 Å². The Morgan fingerprint density at radius 3 is 2.39 bits per heavy atom. The van der Waals surface area contributed by atoms with Crippen molar-refractivity contribution in [1.29, 1.82) is 0 Å². The molecule has 0 bridgehead atoms. The van der Waals surface area contributed by atoms with E-state index < -0.39 is 5.97 Å². The highest BCUT2D eigenvalue weighted by Crippen LogP contribution is 2.19. The van der Waals surface area contributed by atoms with E-state index in [2.05, 4.69) is 25.9 Å². The molecule has 2 aromatic rings. The Morgan fingerprint density at radius 1 is 1.22 bits per heavy atom. The number of halogens is 1. The summed E-state index contributed by atoms with van der Waals surface area (Å²) in [4.78, 5) is 18.5. The van der Waals surface area contributed by atoms with Crippen LogP contribution in [0.4, 0.5) is 0 Å². The van der Waals surface area contributed by atoms with Crippen molar-refractivity contribution in [2.45, 2.75) is 6.42 Å².